The summed E-state index contributed by atoms with van der Waals surface area (Å²) in [5.41, 5.74) is 9.29. The van der Waals surface area contributed by atoms with Crippen molar-refractivity contribution in [2.24, 2.45) is 5.73 Å². The SMILES string of the molecule is CCCC(N)C(=O)N(Cc1ccc(-c2ccccc2OC)cc1)C(C)C. The summed E-state index contributed by atoms with van der Waals surface area (Å²) in [5, 5.41) is 0. The number of ether oxygens (including phenoxy) is 1. The van der Waals surface area contributed by atoms with E-state index in [1.807, 2.05) is 49.9 Å². The Labute approximate surface area is 157 Å². The molecule has 0 saturated heterocycles. The number of nitrogens with two attached hydrogens (primary N) is 1. The second-order valence-electron chi connectivity index (χ2n) is 6.85. The molecule has 0 aliphatic carbocycles. The van der Waals surface area contributed by atoms with Gasteiger partial charge in [-0.05, 0) is 37.5 Å². The minimum Gasteiger partial charge on any atom is -0.496 e. The lowest BCUT2D eigenvalue weighted by Gasteiger charge is -2.29. The molecule has 2 aromatic carbocycles. The van der Waals surface area contributed by atoms with Crippen molar-refractivity contribution in [3.63, 3.8) is 0 Å². The Hall–Kier alpha value is -2.33. The summed E-state index contributed by atoms with van der Waals surface area (Å²) < 4.78 is 5.44. The average molecular weight is 354 g/mol. The molecule has 4 nitrogen and oxygen atoms in total. The minimum absolute atomic E-state index is 0.0238. The first-order valence-corrected chi connectivity index (χ1v) is 9.26. The lowest BCUT2D eigenvalue weighted by atomic mass is 10.0. The van der Waals surface area contributed by atoms with Crippen LogP contribution in [-0.2, 0) is 11.3 Å². The van der Waals surface area contributed by atoms with Crippen LogP contribution in [0.15, 0.2) is 48.5 Å². The van der Waals surface area contributed by atoms with Crippen LogP contribution < -0.4 is 10.5 Å². The number of hydrogen-bond acceptors (Lipinski definition) is 3. The fraction of sp³-hybridized carbons (Fsp3) is 0.409. The summed E-state index contributed by atoms with van der Waals surface area (Å²) in [6, 6.07) is 15.9. The van der Waals surface area contributed by atoms with E-state index in [1.165, 1.54) is 0 Å². The van der Waals surface area contributed by atoms with Crippen LogP contribution in [0.1, 0.15) is 39.2 Å². The zero-order chi connectivity index (χ0) is 19.1. The van der Waals surface area contributed by atoms with Crippen LogP contribution in [-0.4, -0.2) is 30.0 Å². The van der Waals surface area contributed by atoms with E-state index in [1.54, 1.807) is 7.11 Å². The largest absolute Gasteiger partial charge is 0.496 e. The van der Waals surface area contributed by atoms with Crippen LogP contribution >= 0.6 is 0 Å². The predicted molar refractivity (Wildman–Crippen MR) is 107 cm³/mol. The van der Waals surface area contributed by atoms with Gasteiger partial charge in [-0.25, -0.2) is 0 Å². The highest BCUT2D eigenvalue weighted by Gasteiger charge is 2.22. The predicted octanol–water partition coefficient (Wildman–Crippen LogP) is 4.23. The van der Waals surface area contributed by atoms with E-state index in [4.69, 9.17) is 10.5 Å². The Balaban J connectivity index is 2.17. The van der Waals surface area contributed by atoms with Crippen LogP contribution in [0, 0.1) is 0 Å². The van der Waals surface area contributed by atoms with Crippen LogP contribution in [0.25, 0.3) is 11.1 Å². The van der Waals surface area contributed by atoms with Crippen molar-refractivity contribution in [1.29, 1.82) is 0 Å². The van der Waals surface area contributed by atoms with E-state index in [9.17, 15) is 4.79 Å². The molecule has 1 unspecified atom stereocenters. The molecule has 0 fully saturated rings. The molecule has 0 heterocycles. The van der Waals surface area contributed by atoms with E-state index in [0.717, 1.165) is 35.3 Å². The molecular formula is C22H30N2O2. The summed E-state index contributed by atoms with van der Waals surface area (Å²) in [4.78, 5) is 14.5. The van der Waals surface area contributed by atoms with Crippen molar-refractivity contribution >= 4 is 5.91 Å². The van der Waals surface area contributed by atoms with E-state index in [2.05, 4.69) is 24.3 Å². The van der Waals surface area contributed by atoms with Gasteiger partial charge in [-0.2, -0.15) is 0 Å². The Bertz CT molecular complexity index is 710. The summed E-state index contributed by atoms with van der Waals surface area (Å²) in [5.74, 6) is 0.875. The number of carbonyl (C=O) groups is 1. The highest BCUT2D eigenvalue weighted by Crippen LogP contribution is 2.29. The Morgan fingerprint density at radius 1 is 1.12 bits per heavy atom. The molecule has 1 atom stereocenters. The van der Waals surface area contributed by atoms with Gasteiger partial charge in [-0.1, -0.05) is 55.8 Å². The smallest absolute Gasteiger partial charge is 0.240 e. The molecular weight excluding hydrogens is 324 g/mol. The van der Waals surface area contributed by atoms with Gasteiger partial charge in [0.2, 0.25) is 5.91 Å². The Morgan fingerprint density at radius 3 is 2.35 bits per heavy atom. The molecule has 2 N–H and O–H groups in total. The number of para-hydroxylation sites is 1. The van der Waals surface area contributed by atoms with Crippen molar-refractivity contribution in [3.8, 4) is 16.9 Å². The number of nitrogens with zero attached hydrogens (tertiary/aromatic N) is 1. The summed E-state index contributed by atoms with van der Waals surface area (Å²) in [6.07, 6.45) is 1.63. The molecule has 0 saturated carbocycles. The summed E-state index contributed by atoms with van der Waals surface area (Å²) >= 11 is 0. The van der Waals surface area contributed by atoms with Crippen LogP contribution in [0.5, 0.6) is 5.75 Å². The maximum absolute atomic E-state index is 12.6. The molecule has 2 aromatic rings. The first-order chi connectivity index (χ1) is 12.5. The molecule has 4 heteroatoms. The van der Waals surface area contributed by atoms with Gasteiger partial charge in [0.25, 0.3) is 0 Å². The lowest BCUT2D eigenvalue weighted by molar-refractivity contribution is -0.135. The zero-order valence-corrected chi connectivity index (χ0v) is 16.2. The van der Waals surface area contributed by atoms with Crippen molar-refractivity contribution in [1.82, 2.24) is 4.90 Å². The number of methoxy groups -OCH3 is 1. The number of hydrogen-bond donors (Lipinski definition) is 1. The van der Waals surface area contributed by atoms with Gasteiger partial charge in [-0.3, -0.25) is 4.79 Å². The maximum atomic E-state index is 12.6. The van der Waals surface area contributed by atoms with Crippen molar-refractivity contribution in [2.75, 3.05) is 7.11 Å². The molecule has 26 heavy (non-hydrogen) atoms. The molecule has 0 spiro atoms. The third-order valence-electron chi connectivity index (χ3n) is 4.55. The van der Waals surface area contributed by atoms with Crippen molar-refractivity contribution < 1.29 is 9.53 Å². The molecule has 140 valence electrons. The quantitative estimate of drug-likeness (QED) is 0.772. The van der Waals surface area contributed by atoms with E-state index < -0.39 is 6.04 Å². The highest BCUT2D eigenvalue weighted by atomic mass is 16.5. The molecule has 1 amide bonds. The molecule has 0 aliphatic heterocycles. The lowest BCUT2D eigenvalue weighted by Crippen LogP contribution is -2.46. The third-order valence-corrected chi connectivity index (χ3v) is 4.55. The third kappa shape index (κ3) is 4.85. The number of benzene rings is 2. The molecule has 0 bridgehead atoms. The fourth-order valence-electron chi connectivity index (χ4n) is 3.03. The zero-order valence-electron chi connectivity index (χ0n) is 16.2. The van der Waals surface area contributed by atoms with Crippen molar-refractivity contribution in [3.05, 3.63) is 54.1 Å². The minimum atomic E-state index is -0.421. The van der Waals surface area contributed by atoms with Crippen molar-refractivity contribution in [2.45, 2.75) is 52.2 Å². The normalized spacial score (nSPS) is 12.1. The summed E-state index contributed by atoms with van der Waals surface area (Å²) in [6.45, 7) is 6.67. The first kappa shape index (κ1) is 20.0. The highest BCUT2D eigenvalue weighted by molar-refractivity contribution is 5.82. The van der Waals surface area contributed by atoms with Gasteiger partial charge in [0.15, 0.2) is 0 Å². The molecule has 0 radical (unpaired) electrons. The first-order valence-electron chi connectivity index (χ1n) is 9.26. The van der Waals surface area contributed by atoms with Gasteiger partial charge >= 0.3 is 0 Å². The molecule has 2 rings (SSSR count). The number of amides is 1. The number of carbonyl (C=O) groups excluding carboxylic acids is 1. The van der Waals surface area contributed by atoms with Crippen LogP contribution in [0.2, 0.25) is 0 Å². The van der Waals surface area contributed by atoms with Crippen LogP contribution in [0.3, 0.4) is 0 Å². The second-order valence-corrected chi connectivity index (χ2v) is 6.85. The Morgan fingerprint density at radius 2 is 1.77 bits per heavy atom. The Kier molecular flexibility index (Phi) is 7.22. The molecule has 0 aromatic heterocycles. The number of rotatable bonds is 8. The van der Waals surface area contributed by atoms with E-state index >= 15 is 0 Å². The fourth-order valence-corrected chi connectivity index (χ4v) is 3.03. The maximum Gasteiger partial charge on any atom is 0.240 e. The van der Waals surface area contributed by atoms with E-state index in [0.29, 0.717) is 6.54 Å². The monoisotopic (exact) mass is 354 g/mol. The average Bonchev–Trinajstić information content (AvgIpc) is 2.66. The van der Waals surface area contributed by atoms with Gasteiger partial charge in [0.1, 0.15) is 5.75 Å². The molecule has 0 aliphatic rings. The van der Waals surface area contributed by atoms with Gasteiger partial charge < -0.3 is 15.4 Å². The van der Waals surface area contributed by atoms with Gasteiger partial charge in [0.05, 0.1) is 13.2 Å². The standard InChI is InChI=1S/C22H30N2O2/c1-5-8-20(23)22(25)24(16(2)3)15-17-11-13-18(14-12-17)19-9-6-7-10-21(19)26-4/h6-7,9-14,16,20H,5,8,15,23H2,1-4H3. The topological polar surface area (TPSA) is 55.6 Å². The van der Waals surface area contributed by atoms with Gasteiger partial charge in [0, 0.05) is 18.2 Å². The van der Waals surface area contributed by atoms with E-state index in [-0.39, 0.29) is 11.9 Å². The summed E-state index contributed by atoms with van der Waals surface area (Å²) in [7, 11) is 1.68. The van der Waals surface area contributed by atoms with Crippen LogP contribution in [0.4, 0.5) is 0 Å². The second kappa shape index (κ2) is 9.39. The van der Waals surface area contributed by atoms with Gasteiger partial charge in [-0.15, -0.1) is 0 Å².